The van der Waals surface area contributed by atoms with Crippen LogP contribution >= 0.6 is 0 Å². The lowest BCUT2D eigenvalue weighted by molar-refractivity contribution is 0.0598. The fourth-order valence-electron chi connectivity index (χ4n) is 2.23. The number of aliphatic hydroxyl groups is 1. The lowest BCUT2D eigenvalue weighted by Crippen LogP contribution is -2.39. The smallest absolute Gasteiger partial charge is 0.315 e. The fourth-order valence-corrected chi connectivity index (χ4v) is 2.23. The van der Waals surface area contributed by atoms with Crippen molar-refractivity contribution in [2.24, 2.45) is 0 Å². The van der Waals surface area contributed by atoms with E-state index in [1.165, 1.54) is 7.11 Å². The molecule has 0 saturated heterocycles. The summed E-state index contributed by atoms with van der Waals surface area (Å²) in [4.78, 5) is 12.1. The van der Waals surface area contributed by atoms with E-state index in [4.69, 9.17) is 9.15 Å². The Kier molecular flexibility index (Phi) is 6.65. The first-order valence-electron chi connectivity index (χ1n) is 7.50. The quantitative estimate of drug-likeness (QED) is 0.696. The van der Waals surface area contributed by atoms with E-state index in [9.17, 15) is 9.90 Å². The molecule has 0 spiro atoms. The molecule has 3 N–H and O–H groups in total. The summed E-state index contributed by atoms with van der Waals surface area (Å²) in [5, 5.41) is 15.2. The van der Waals surface area contributed by atoms with Crippen LogP contribution in [0.1, 0.15) is 23.8 Å². The van der Waals surface area contributed by atoms with Gasteiger partial charge in [-0.3, -0.25) is 0 Å². The van der Waals surface area contributed by atoms with E-state index in [0.29, 0.717) is 18.7 Å². The largest absolute Gasteiger partial charge is 0.467 e. The standard InChI is InChI=1S/C17H22N2O4/c1-22-12-14(20)9-10-18-17(21)19-16(15-8-5-11-23-15)13-6-3-2-4-7-13/h2-8,11,14,16,20H,9-10,12H2,1H3,(H2,18,19,21). The third-order valence-corrected chi connectivity index (χ3v) is 3.36. The Morgan fingerprint density at radius 2 is 2.04 bits per heavy atom. The number of hydrogen-bond acceptors (Lipinski definition) is 4. The lowest BCUT2D eigenvalue weighted by Gasteiger charge is -2.18. The van der Waals surface area contributed by atoms with Gasteiger partial charge in [0, 0.05) is 13.7 Å². The van der Waals surface area contributed by atoms with Crippen LogP contribution in [-0.4, -0.2) is 37.5 Å². The van der Waals surface area contributed by atoms with Gasteiger partial charge in [0.15, 0.2) is 0 Å². The third-order valence-electron chi connectivity index (χ3n) is 3.36. The van der Waals surface area contributed by atoms with Gasteiger partial charge in [-0.1, -0.05) is 30.3 Å². The third kappa shape index (κ3) is 5.43. The Balaban J connectivity index is 1.92. The molecule has 6 heteroatoms. The predicted molar refractivity (Wildman–Crippen MR) is 86.0 cm³/mol. The number of furan rings is 1. The second-order valence-corrected chi connectivity index (χ2v) is 5.16. The van der Waals surface area contributed by atoms with Crippen LogP contribution < -0.4 is 10.6 Å². The normalized spacial score (nSPS) is 13.3. The van der Waals surface area contributed by atoms with Crippen molar-refractivity contribution >= 4 is 6.03 Å². The first kappa shape index (κ1) is 17.1. The Morgan fingerprint density at radius 1 is 1.26 bits per heavy atom. The van der Waals surface area contributed by atoms with Crippen LogP contribution in [0.3, 0.4) is 0 Å². The topological polar surface area (TPSA) is 83.7 Å². The minimum Gasteiger partial charge on any atom is -0.467 e. The molecular weight excluding hydrogens is 296 g/mol. The summed E-state index contributed by atoms with van der Waals surface area (Å²) in [6, 6.07) is 12.5. The number of rotatable bonds is 8. The number of nitrogens with one attached hydrogen (secondary N) is 2. The zero-order valence-corrected chi connectivity index (χ0v) is 13.1. The van der Waals surface area contributed by atoms with Crippen LogP contribution in [0.2, 0.25) is 0 Å². The van der Waals surface area contributed by atoms with E-state index in [1.807, 2.05) is 36.4 Å². The van der Waals surface area contributed by atoms with Gasteiger partial charge in [0.05, 0.1) is 19.0 Å². The van der Waals surface area contributed by atoms with Crippen molar-refractivity contribution in [2.45, 2.75) is 18.6 Å². The number of urea groups is 1. The molecule has 0 fully saturated rings. The van der Waals surface area contributed by atoms with Crippen LogP contribution in [0.25, 0.3) is 0 Å². The Labute approximate surface area is 135 Å². The van der Waals surface area contributed by atoms with Crippen molar-refractivity contribution in [1.82, 2.24) is 10.6 Å². The zero-order chi connectivity index (χ0) is 16.5. The number of methoxy groups -OCH3 is 1. The highest BCUT2D eigenvalue weighted by Crippen LogP contribution is 2.22. The molecule has 2 unspecified atom stereocenters. The van der Waals surface area contributed by atoms with Gasteiger partial charge in [-0.05, 0) is 24.1 Å². The summed E-state index contributed by atoms with van der Waals surface area (Å²) in [6.07, 6.45) is 1.42. The highest BCUT2D eigenvalue weighted by atomic mass is 16.5. The maximum Gasteiger partial charge on any atom is 0.315 e. The predicted octanol–water partition coefficient (Wildman–Crippen LogP) is 2.07. The molecule has 1 heterocycles. The van der Waals surface area contributed by atoms with E-state index in [-0.39, 0.29) is 18.7 Å². The number of carbonyl (C=O) groups excluding carboxylic acids is 1. The second kappa shape index (κ2) is 8.97. The molecule has 2 rings (SSSR count). The number of ether oxygens (including phenoxy) is 1. The monoisotopic (exact) mass is 318 g/mol. The molecule has 2 atom stereocenters. The molecule has 23 heavy (non-hydrogen) atoms. The highest BCUT2D eigenvalue weighted by Gasteiger charge is 2.19. The average molecular weight is 318 g/mol. The van der Waals surface area contributed by atoms with Crippen molar-refractivity contribution < 1.29 is 19.1 Å². The van der Waals surface area contributed by atoms with Crippen LogP contribution in [-0.2, 0) is 4.74 Å². The summed E-state index contributed by atoms with van der Waals surface area (Å²) in [6.45, 7) is 0.609. The minimum absolute atomic E-state index is 0.252. The van der Waals surface area contributed by atoms with Gasteiger partial charge in [-0.25, -0.2) is 4.79 Å². The molecule has 0 aliphatic heterocycles. The highest BCUT2D eigenvalue weighted by molar-refractivity contribution is 5.74. The van der Waals surface area contributed by atoms with Crippen molar-refractivity contribution in [3.63, 3.8) is 0 Å². The maximum absolute atomic E-state index is 12.1. The summed E-state index contributed by atoms with van der Waals surface area (Å²) < 4.78 is 10.3. The van der Waals surface area contributed by atoms with Crippen LogP contribution in [0.15, 0.2) is 53.1 Å². The molecule has 1 aromatic heterocycles. The van der Waals surface area contributed by atoms with Crippen LogP contribution in [0, 0.1) is 0 Å². The lowest BCUT2D eigenvalue weighted by atomic mass is 10.1. The van der Waals surface area contributed by atoms with E-state index < -0.39 is 6.10 Å². The molecule has 0 bridgehead atoms. The summed E-state index contributed by atoms with van der Waals surface area (Å²) in [7, 11) is 1.52. The number of benzene rings is 1. The Morgan fingerprint density at radius 3 is 2.70 bits per heavy atom. The first-order valence-corrected chi connectivity index (χ1v) is 7.50. The van der Waals surface area contributed by atoms with E-state index >= 15 is 0 Å². The first-order chi connectivity index (χ1) is 11.2. The van der Waals surface area contributed by atoms with Crippen molar-refractivity contribution in [3.8, 4) is 0 Å². The molecule has 1 aromatic carbocycles. The van der Waals surface area contributed by atoms with E-state index in [0.717, 1.165) is 5.56 Å². The average Bonchev–Trinajstić information content (AvgIpc) is 3.08. The SMILES string of the molecule is COCC(O)CCNC(=O)NC(c1ccccc1)c1ccco1. The van der Waals surface area contributed by atoms with Crippen molar-refractivity contribution in [3.05, 3.63) is 60.1 Å². The van der Waals surface area contributed by atoms with Gasteiger partial charge in [0.2, 0.25) is 0 Å². The second-order valence-electron chi connectivity index (χ2n) is 5.16. The van der Waals surface area contributed by atoms with Gasteiger partial charge >= 0.3 is 6.03 Å². The van der Waals surface area contributed by atoms with Gasteiger partial charge in [-0.2, -0.15) is 0 Å². The van der Waals surface area contributed by atoms with Crippen molar-refractivity contribution in [2.75, 3.05) is 20.3 Å². The van der Waals surface area contributed by atoms with Crippen LogP contribution in [0.5, 0.6) is 0 Å². The number of amides is 2. The molecule has 0 radical (unpaired) electrons. The molecule has 2 amide bonds. The number of hydrogen-bond donors (Lipinski definition) is 3. The summed E-state index contributed by atoms with van der Waals surface area (Å²) >= 11 is 0. The van der Waals surface area contributed by atoms with E-state index in [1.54, 1.807) is 12.3 Å². The van der Waals surface area contributed by atoms with E-state index in [2.05, 4.69) is 10.6 Å². The Bertz CT molecular complexity index is 572. The molecule has 6 nitrogen and oxygen atoms in total. The van der Waals surface area contributed by atoms with Crippen LogP contribution in [0.4, 0.5) is 4.79 Å². The fraction of sp³-hybridized carbons (Fsp3) is 0.353. The molecule has 2 aromatic rings. The molecule has 0 saturated carbocycles. The summed E-state index contributed by atoms with van der Waals surface area (Å²) in [5.74, 6) is 0.658. The van der Waals surface area contributed by atoms with Crippen molar-refractivity contribution in [1.29, 1.82) is 0 Å². The number of aliphatic hydroxyl groups excluding tert-OH is 1. The maximum atomic E-state index is 12.1. The van der Waals surface area contributed by atoms with Gasteiger partial charge in [0.1, 0.15) is 11.8 Å². The minimum atomic E-state index is -0.588. The van der Waals surface area contributed by atoms with Gasteiger partial charge in [-0.15, -0.1) is 0 Å². The van der Waals surface area contributed by atoms with Gasteiger partial charge in [0.25, 0.3) is 0 Å². The molecule has 0 aliphatic carbocycles. The Hall–Kier alpha value is -2.31. The number of carbonyl (C=O) groups is 1. The zero-order valence-electron chi connectivity index (χ0n) is 13.1. The molecule has 0 aliphatic rings. The molecular formula is C17H22N2O4. The molecule has 124 valence electrons. The van der Waals surface area contributed by atoms with Gasteiger partial charge < -0.3 is 24.9 Å². The summed E-state index contributed by atoms with van der Waals surface area (Å²) in [5.41, 5.74) is 0.928.